The Labute approximate surface area is 145 Å². The zero-order chi connectivity index (χ0) is 16.4. The minimum atomic E-state index is -0.0976. The first-order chi connectivity index (χ1) is 11.0. The van der Waals surface area contributed by atoms with Crippen LogP contribution in [0.1, 0.15) is 12.8 Å². The van der Waals surface area contributed by atoms with Crippen molar-refractivity contribution in [1.82, 2.24) is 9.80 Å². The predicted octanol–water partition coefficient (Wildman–Crippen LogP) is 2.45. The van der Waals surface area contributed by atoms with E-state index in [1.807, 2.05) is 4.90 Å². The molecule has 7 heteroatoms. The topological polar surface area (TPSA) is 49.9 Å². The molecule has 0 aromatic heterocycles. The second kappa shape index (κ2) is 6.97. The molecule has 1 aliphatic carbocycles. The molecule has 0 N–H and O–H groups in total. The van der Waals surface area contributed by atoms with Crippen LogP contribution in [-0.4, -0.2) is 54.4 Å². The van der Waals surface area contributed by atoms with Gasteiger partial charge in [0.25, 0.3) is 5.91 Å². The molecule has 2 aliphatic rings. The van der Waals surface area contributed by atoms with Crippen molar-refractivity contribution in [3.05, 3.63) is 28.2 Å². The van der Waals surface area contributed by atoms with E-state index in [0.29, 0.717) is 42.0 Å². The Morgan fingerprint density at radius 3 is 2.13 bits per heavy atom. The Morgan fingerprint density at radius 2 is 1.57 bits per heavy atom. The number of amides is 2. The van der Waals surface area contributed by atoms with Crippen LogP contribution in [0.2, 0.25) is 10.0 Å². The fourth-order valence-electron chi connectivity index (χ4n) is 2.61. The van der Waals surface area contributed by atoms with Crippen molar-refractivity contribution in [2.24, 2.45) is 5.92 Å². The van der Waals surface area contributed by atoms with Gasteiger partial charge in [0.2, 0.25) is 5.91 Å². The summed E-state index contributed by atoms with van der Waals surface area (Å²) in [4.78, 5) is 27.8. The first kappa shape index (κ1) is 16.4. The molecule has 0 spiro atoms. The Bertz CT molecular complexity index is 591. The van der Waals surface area contributed by atoms with Crippen molar-refractivity contribution in [2.45, 2.75) is 12.8 Å². The average molecular weight is 357 g/mol. The average Bonchev–Trinajstić information content (AvgIpc) is 3.36. The molecular weight excluding hydrogens is 339 g/mol. The normalized spacial score (nSPS) is 18.0. The lowest BCUT2D eigenvalue weighted by molar-refractivity contribution is -0.141. The molecule has 1 aliphatic heterocycles. The SMILES string of the molecule is O=C(COc1cc(Cl)cc(Cl)c1)N1CCN(C(=O)C2CC2)CC1. The Hall–Kier alpha value is -1.46. The van der Waals surface area contributed by atoms with E-state index in [4.69, 9.17) is 27.9 Å². The quantitative estimate of drug-likeness (QED) is 0.832. The van der Waals surface area contributed by atoms with Crippen LogP contribution >= 0.6 is 23.2 Å². The van der Waals surface area contributed by atoms with E-state index >= 15 is 0 Å². The summed E-state index contributed by atoms with van der Waals surface area (Å²) in [5, 5.41) is 0.930. The van der Waals surface area contributed by atoms with Gasteiger partial charge in [-0.05, 0) is 31.0 Å². The summed E-state index contributed by atoms with van der Waals surface area (Å²) >= 11 is 11.8. The van der Waals surface area contributed by atoms with Crippen molar-refractivity contribution in [1.29, 1.82) is 0 Å². The number of piperazine rings is 1. The molecule has 0 unspecified atom stereocenters. The molecule has 3 rings (SSSR count). The monoisotopic (exact) mass is 356 g/mol. The van der Waals surface area contributed by atoms with Gasteiger partial charge in [-0.1, -0.05) is 23.2 Å². The minimum absolute atomic E-state index is 0.0623. The van der Waals surface area contributed by atoms with Gasteiger partial charge in [-0.15, -0.1) is 0 Å². The highest BCUT2D eigenvalue weighted by Gasteiger charge is 2.35. The van der Waals surface area contributed by atoms with Gasteiger partial charge >= 0.3 is 0 Å². The molecule has 2 fully saturated rings. The van der Waals surface area contributed by atoms with E-state index in [1.165, 1.54) is 0 Å². The Kier molecular flexibility index (Phi) is 4.97. The van der Waals surface area contributed by atoms with E-state index in [9.17, 15) is 9.59 Å². The fraction of sp³-hybridized carbons (Fsp3) is 0.500. The van der Waals surface area contributed by atoms with Gasteiger partial charge in [0.05, 0.1) is 0 Å². The number of halogens is 2. The number of nitrogens with zero attached hydrogens (tertiary/aromatic N) is 2. The predicted molar refractivity (Wildman–Crippen MR) is 87.8 cm³/mol. The van der Waals surface area contributed by atoms with Gasteiger partial charge in [0.1, 0.15) is 5.75 Å². The van der Waals surface area contributed by atoms with Gasteiger partial charge in [0, 0.05) is 42.1 Å². The van der Waals surface area contributed by atoms with Crippen molar-refractivity contribution < 1.29 is 14.3 Å². The lowest BCUT2D eigenvalue weighted by Gasteiger charge is -2.34. The Morgan fingerprint density at radius 1 is 1.00 bits per heavy atom. The Balaban J connectivity index is 1.46. The first-order valence-corrected chi connectivity index (χ1v) is 8.44. The van der Waals surface area contributed by atoms with Crippen LogP contribution < -0.4 is 4.74 Å². The zero-order valence-corrected chi connectivity index (χ0v) is 14.1. The molecule has 23 heavy (non-hydrogen) atoms. The smallest absolute Gasteiger partial charge is 0.260 e. The highest BCUT2D eigenvalue weighted by molar-refractivity contribution is 6.34. The van der Waals surface area contributed by atoms with Gasteiger partial charge in [-0.2, -0.15) is 0 Å². The van der Waals surface area contributed by atoms with Gasteiger partial charge in [-0.25, -0.2) is 0 Å². The third kappa shape index (κ3) is 4.30. The number of hydrogen-bond acceptors (Lipinski definition) is 3. The molecule has 1 saturated heterocycles. The standard InChI is InChI=1S/C16H18Cl2N2O3/c17-12-7-13(18)9-14(8-12)23-10-15(21)19-3-5-20(6-4-19)16(22)11-1-2-11/h7-9,11H,1-6,10H2. The van der Waals surface area contributed by atoms with E-state index in [1.54, 1.807) is 23.1 Å². The molecular formula is C16H18Cl2N2O3. The lowest BCUT2D eigenvalue weighted by atomic mass is 10.2. The summed E-state index contributed by atoms with van der Waals surface area (Å²) in [6, 6.07) is 4.84. The van der Waals surface area contributed by atoms with E-state index in [0.717, 1.165) is 12.8 Å². The molecule has 1 aromatic rings. The van der Waals surface area contributed by atoms with Crippen LogP contribution in [0.3, 0.4) is 0 Å². The van der Waals surface area contributed by atoms with Crippen molar-refractivity contribution >= 4 is 35.0 Å². The number of carbonyl (C=O) groups excluding carboxylic acids is 2. The third-order valence-corrected chi connectivity index (χ3v) is 4.51. The summed E-state index contributed by atoms with van der Waals surface area (Å²) in [5.41, 5.74) is 0. The number of ether oxygens (including phenoxy) is 1. The highest BCUT2D eigenvalue weighted by atomic mass is 35.5. The van der Waals surface area contributed by atoms with E-state index in [-0.39, 0.29) is 24.3 Å². The van der Waals surface area contributed by atoms with E-state index < -0.39 is 0 Å². The second-order valence-corrected chi connectivity index (χ2v) is 6.75. The highest BCUT2D eigenvalue weighted by Crippen LogP contribution is 2.31. The fourth-order valence-corrected chi connectivity index (χ4v) is 3.12. The molecule has 1 saturated carbocycles. The summed E-state index contributed by atoms with van der Waals surface area (Å²) < 4.78 is 5.46. The van der Waals surface area contributed by atoms with Gasteiger partial charge < -0.3 is 14.5 Å². The molecule has 0 atom stereocenters. The second-order valence-electron chi connectivity index (χ2n) is 5.87. The summed E-state index contributed by atoms with van der Waals surface area (Å²) in [6.07, 6.45) is 2.02. The van der Waals surface area contributed by atoms with E-state index in [2.05, 4.69) is 0 Å². The molecule has 124 valence electrons. The third-order valence-electron chi connectivity index (χ3n) is 4.07. The maximum Gasteiger partial charge on any atom is 0.260 e. The molecule has 0 radical (unpaired) electrons. The molecule has 2 amide bonds. The van der Waals surface area contributed by atoms with Crippen LogP contribution in [0.15, 0.2) is 18.2 Å². The first-order valence-electron chi connectivity index (χ1n) is 7.68. The maximum absolute atomic E-state index is 12.2. The summed E-state index contributed by atoms with van der Waals surface area (Å²) in [7, 11) is 0. The largest absolute Gasteiger partial charge is 0.484 e. The zero-order valence-electron chi connectivity index (χ0n) is 12.6. The van der Waals surface area contributed by atoms with Crippen molar-refractivity contribution in [3.63, 3.8) is 0 Å². The molecule has 1 aromatic carbocycles. The van der Waals surface area contributed by atoms with Crippen LogP contribution in [-0.2, 0) is 9.59 Å². The van der Waals surface area contributed by atoms with Crippen LogP contribution in [0.4, 0.5) is 0 Å². The summed E-state index contributed by atoms with van der Waals surface area (Å²) in [5.74, 6) is 0.841. The van der Waals surface area contributed by atoms with Crippen LogP contribution in [0, 0.1) is 5.92 Å². The maximum atomic E-state index is 12.2. The lowest BCUT2D eigenvalue weighted by Crippen LogP contribution is -2.52. The van der Waals surface area contributed by atoms with Crippen molar-refractivity contribution in [3.8, 4) is 5.75 Å². The number of carbonyl (C=O) groups is 2. The number of hydrogen-bond donors (Lipinski definition) is 0. The summed E-state index contributed by atoms with van der Waals surface area (Å²) in [6.45, 7) is 2.25. The molecule has 1 heterocycles. The van der Waals surface area contributed by atoms with Crippen molar-refractivity contribution in [2.75, 3.05) is 32.8 Å². The van der Waals surface area contributed by atoms with Gasteiger partial charge in [-0.3, -0.25) is 9.59 Å². The van der Waals surface area contributed by atoms with Crippen LogP contribution in [0.25, 0.3) is 0 Å². The number of rotatable bonds is 4. The van der Waals surface area contributed by atoms with Gasteiger partial charge in [0.15, 0.2) is 6.61 Å². The van der Waals surface area contributed by atoms with Crippen LogP contribution in [0.5, 0.6) is 5.75 Å². The molecule has 0 bridgehead atoms. The molecule has 5 nitrogen and oxygen atoms in total. The minimum Gasteiger partial charge on any atom is -0.484 e. The number of benzene rings is 1.